The zero-order valence-electron chi connectivity index (χ0n) is 9.52. The maximum Gasteiger partial charge on any atom is 0.0390 e. The zero-order chi connectivity index (χ0) is 10.8. The van der Waals surface area contributed by atoms with Crippen LogP contribution in [-0.4, -0.2) is 6.54 Å². The van der Waals surface area contributed by atoms with Crippen LogP contribution in [0.5, 0.6) is 0 Å². The van der Waals surface area contributed by atoms with Gasteiger partial charge in [0.05, 0.1) is 0 Å². The molecule has 0 heterocycles. The lowest BCUT2D eigenvalue weighted by molar-refractivity contribution is 0.443. The summed E-state index contributed by atoms with van der Waals surface area (Å²) in [6.07, 6.45) is 0. The van der Waals surface area contributed by atoms with Gasteiger partial charge in [0.1, 0.15) is 0 Å². The van der Waals surface area contributed by atoms with Crippen LogP contribution in [0.1, 0.15) is 26.3 Å². The van der Waals surface area contributed by atoms with Crippen LogP contribution in [0.2, 0.25) is 0 Å². The van der Waals surface area contributed by atoms with Gasteiger partial charge in [-0.3, -0.25) is 0 Å². The molecule has 0 radical (unpaired) electrons. The summed E-state index contributed by atoms with van der Waals surface area (Å²) < 4.78 is 0. The fourth-order valence-corrected chi connectivity index (χ4v) is 1.19. The van der Waals surface area contributed by atoms with Crippen molar-refractivity contribution in [1.29, 1.82) is 0 Å². The monoisotopic (exact) mass is 192 g/mol. The van der Waals surface area contributed by atoms with Crippen molar-refractivity contribution >= 4 is 11.4 Å². The molecular weight excluding hydrogens is 172 g/mol. The van der Waals surface area contributed by atoms with Gasteiger partial charge in [-0.25, -0.2) is 0 Å². The molecule has 78 valence electrons. The highest BCUT2D eigenvalue weighted by molar-refractivity contribution is 5.59. The van der Waals surface area contributed by atoms with Gasteiger partial charge < -0.3 is 11.1 Å². The Morgan fingerprint density at radius 1 is 1.29 bits per heavy atom. The van der Waals surface area contributed by atoms with Gasteiger partial charge in [-0.05, 0) is 30.0 Å². The van der Waals surface area contributed by atoms with E-state index in [1.165, 1.54) is 5.56 Å². The number of benzene rings is 1. The Balaban J connectivity index is 2.72. The van der Waals surface area contributed by atoms with Crippen LogP contribution in [-0.2, 0) is 0 Å². The van der Waals surface area contributed by atoms with E-state index in [4.69, 9.17) is 5.73 Å². The Hall–Kier alpha value is -1.18. The first-order valence-corrected chi connectivity index (χ1v) is 4.98. The smallest absolute Gasteiger partial charge is 0.0390 e. The summed E-state index contributed by atoms with van der Waals surface area (Å²) in [5, 5.41) is 3.41. The van der Waals surface area contributed by atoms with Crippen molar-refractivity contribution in [3.05, 3.63) is 23.8 Å². The fourth-order valence-electron chi connectivity index (χ4n) is 1.19. The van der Waals surface area contributed by atoms with Crippen molar-refractivity contribution in [3.63, 3.8) is 0 Å². The molecular formula is C12H20N2. The van der Waals surface area contributed by atoms with Crippen molar-refractivity contribution in [2.75, 3.05) is 17.6 Å². The van der Waals surface area contributed by atoms with E-state index in [0.717, 1.165) is 17.9 Å². The van der Waals surface area contributed by atoms with Gasteiger partial charge >= 0.3 is 0 Å². The standard InChI is InChI=1S/C12H20N2/c1-9-5-6-10(13)7-11(9)14-8-12(2,3)4/h5-7,14H,8,13H2,1-4H3. The minimum Gasteiger partial charge on any atom is -0.399 e. The van der Waals surface area contributed by atoms with E-state index in [1.54, 1.807) is 0 Å². The van der Waals surface area contributed by atoms with Gasteiger partial charge in [-0.2, -0.15) is 0 Å². The Bertz CT molecular complexity index is 311. The number of anilines is 2. The molecule has 0 unspecified atom stereocenters. The van der Waals surface area contributed by atoms with Crippen LogP contribution >= 0.6 is 0 Å². The highest BCUT2D eigenvalue weighted by atomic mass is 14.9. The molecule has 0 aliphatic carbocycles. The van der Waals surface area contributed by atoms with Crippen LogP contribution in [0, 0.1) is 12.3 Å². The lowest BCUT2D eigenvalue weighted by Gasteiger charge is -2.20. The fraction of sp³-hybridized carbons (Fsp3) is 0.500. The average Bonchev–Trinajstić information content (AvgIpc) is 2.05. The number of nitrogen functional groups attached to an aromatic ring is 1. The summed E-state index contributed by atoms with van der Waals surface area (Å²) in [6.45, 7) is 9.67. The number of rotatable bonds is 2. The molecule has 0 amide bonds. The first kappa shape index (κ1) is 10.9. The quantitative estimate of drug-likeness (QED) is 0.707. The number of aryl methyl sites for hydroxylation is 1. The van der Waals surface area contributed by atoms with Gasteiger partial charge in [0.2, 0.25) is 0 Å². The van der Waals surface area contributed by atoms with Crippen molar-refractivity contribution in [2.45, 2.75) is 27.7 Å². The molecule has 0 spiro atoms. The minimum absolute atomic E-state index is 0.289. The summed E-state index contributed by atoms with van der Waals surface area (Å²) in [5.41, 5.74) is 9.21. The molecule has 2 nitrogen and oxygen atoms in total. The number of hydrogen-bond donors (Lipinski definition) is 2. The second-order valence-corrected chi connectivity index (χ2v) is 4.99. The summed E-state index contributed by atoms with van der Waals surface area (Å²) >= 11 is 0. The second kappa shape index (κ2) is 3.91. The van der Waals surface area contributed by atoms with Crippen LogP contribution in [0.25, 0.3) is 0 Å². The summed E-state index contributed by atoms with van der Waals surface area (Å²) in [4.78, 5) is 0. The average molecular weight is 192 g/mol. The largest absolute Gasteiger partial charge is 0.399 e. The number of nitrogens with one attached hydrogen (secondary N) is 1. The predicted molar refractivity (Wildman–Crippen MR) is 63.5 cm³/mol. The lowest BCUT2D eigenvalue weighted by Crippen LogP contribution is -2.19. The molecule has 0 bridgehead atoms. The first-order valence-electron chi connectivity index (χ1n) is 4.98. The molecule has 14 heavy (non-hydrogen) atoms. The molecule has 0 aliphatic heterocycles. The maximum absolute atomic E-state index is 5.73. The van der Waals surface area contributed by atoms with Crippen molar-refractivity contribution in [2.24, 2.45) is 5.41 Å². The normalized spacial score (nSPS) is 11.4. The molecule has 0 atom stereocenters. The Morgan fingerprint density at radius 2 is 1.93 bits per heavy atom. The molecule has 2 heteroatoms. The molecule has 1 aromatic rings. The van der Waals surface area contributed by atoms with Gasteiger partial charge in [-0.1, -0.05) is 26.8 Å². The summed E-state index contributed by atoms with van der Waals surface area (Å²) in [6, 6.07) is 5.96. The third kappa shape index (κ3) is 3.29. The summed E-state index contributed by atoms with van der Waals surface area (Å²) in [5.74, 6) is 0. The number of hydrogen-bond acceptors (Lipinski definition) is 2. The van der Waals surface area contributed by atoms with Gasteiger partial charge in [-0.15, -0.1) is 0 Å². The van der Waals surface area contributed by atoms with E-state index in [2.05, 4.69) is 33.0 Å². The van der Waals surface area contributed by atoms with Crippen LogP contribution < -0.4 is 11.1 Å². The maximum atomic E-state index is 5.73. The van der Waals surface area contributed by atoms with E-state index >= 15 is 0 Å². The topological polar surface area (TPSA) is 38.0 Å². The molecule has 1 rings (SSSR count). The molecule has 1 aromatic carbocycles. The highest BCUT2D eigenvalue weighted by Crippen LogP contribution is 2.20. The van der Waals surface area contributed by atoms with Crippen molar-refractivity contribution in [3.8, 4) is 0 Å². The van der Waals surface area contributed by atoms with E-state index < -0.39 is 0 Å². The minimum atomic E-state index is 0.289. The zero-order valence-corrected chi connectivity index (χ0v) is 9.52. The molecule has 0 aliphatic rings. The lowest BCUT2D eigenvalue weighted by atomic mass is 9.96. The van der Waals surface area contributed by atoms with Gasteiger partial charge in [0, 0.05) is 17.9 Å². The predicted octanol–water partition coefficient (Wildman–Crippen LogP) is 3.04. The van der Waals surface area contributed by atoms with Crippen LogP contribution in [0.4, 0.5) is 11.4 Å². The molecule has 0 fully saturated rings. The molecule has 0 aromatic heterocycles. The van der Waals surface area contributed by atoms with E-state index in [0.29, 0.717) is 0 Å². The Labute approximate surface area is 86.5 Å². The van der Waals surface area contributed by atoms with Crippen molar-refractivity contribution < 1.29 is 0 Å². The first-order chi connectivity index (χ1) is 6.38. The van der Waals surface area contributed by atoms with E-state index in [9.17, 15) is 0 Å². The van der Waals surface area contributed by atoms with E-state index in [1.807, 2.05) is 18.2 Å². The SMILES string of the molecule is Cc1ccc(N)cc1NCC(C)(C)C. The Morgan fingerprint density at radius 3 is 2.50 bits per heavy atom. The van der Waals surface area contributed by atoms with Crippen LogP contribution in [0.3, 0.4) is 0 Å². The molecule has 0 saturated carbocycles. The Kier molecular flexibility index (Phi) is 3.04. The third-order valence-corrected chi connectivity index (χ3v) is 2.07. The van der Waals surface area contributed by atoms with E-state index in [-0.39, 0.29) is 5.41 Å². The second-order valence-electron chi connectivity index (χ2n) is 4.99. The third-order valence-electron chi connectivity index (χ3n) is 2.07. The van der Waals surface area contributed by atoms with Crippen molar-refractivity contribution in [1.82, 2.24) is 0 Å². The molecule has 0 saturated heterocycles. The van der Waals surface area contributed by atoms with Crippen LogP contribution in [0.15, 0.2) is 18.2 Å². The molecule has 3 N–H and O–H groups in total. The number of nitrogens with two attached hydrogens (primary N) is 1. The highest BCUT2D eigenvalue weighted by Gasteiger charge is 2.09. The van der Waals surface area contributed by atoms with Gasteiger partial charge in [0.25, 0.3) is 0 Å². The van der Waals surface area contributed by atoms with Gasteiger partial charge in [0.15, 0.2) is 0 Å². The summed E-state index contributed by atoms with van der Waals surface area (Å²) in [7, 11) is 0.